The number of allylic oxidation sites excluding steroid dienone is 3. The van der Waals surface area contributed by atoms with Gasteiger partial charge in [0, 0.05) is 5.56 Å². The first-order valence-corrected chi connectivity index (χ1v) is 14.3. The molecule has 0 N–H and O–H groups in total. The second-order valence-corrected chi connectivity index (χ2v) is 10.2. The van der Waals surface area contributed by atoms with Crippen LogP contribution in [0.5, 0.6) is 0 Å². The van der Waals surface area contributed by atoms with E-state index in [-0.39, 0.29) is 0 Å². The van der Waals surface area contributed by atoms with Crippen molar-refractivity contribution in [3.05, 3.63) is 167 Å². The molecule has 1 aliphatic rings. The summed E-state index contributed by atoms with van der Waals surface area (Å²) in [4.78, 5) is 0. The van der Waals surface area contributed by atoms with E-state index in [0.717, 1.165) is 69.3 Å². The van der Waals surface area contributed by atoms with Crippen molar-refractivity contribution in [1.29, 1.82) is 0 Å². The number of rotatable bonds is 7. The maximum Gasteiger partial charge on any atom is 0.361 e. The maximum absolute atomic E-state index is 6.55. The fraction of sp³-hybridized carbons (Fsp3) is 0.103. The number of ether oxygens (including phenoxy) is 1. The van der Waals surface area contributed by atoms with Crippen LogP contribution in [0.4, 0.5) is 0 Å². The van der Waals surface area contributed by atoms with Crippen LogP contribution in [0.1, 0.15) is 41.7 Å². The van der Waals surface area contributed by atoms with Gasteiger partial charge in [-0.05, 0) is 83.2 Å². The molecule has 6 rings (SSSR count). The van der Waals surface area contributed by atoms with Gasteiger partial charge in [-0.2, -0.15) is 0 Å². The molecular formula is C39H33O2+. The van der Waals surface area contributed by atoms with Gasteiger partial charge in [0.1, 0.15) is 11.5 Å². The van der Waals surface area contributed by atoms with Gasteiger partial charge in [-0.3, -0.25) is 0 Å². The molecule has 2 heterocycles. The van der Waals surface area contributed by atoms with Crippen molar-refractivity contribution >= 4 is 17.4 Å². The first-order valence-electron chi connectivity index (χ1n) is 14.3. The van der Waals surface area contributed by atoms with Crippen LogP contribution >= 0.6 is 0 Å². The summed E-state index contributed by atoms with van der Waals surface area (Å²) in [7, 11) is 0. The molecule has 200 valence electrons. The van der Waals surface area contributed by atoms with E-state index in [4.69, 9.17) is 9.15 Å². The first kappa shape index (κ1) is 26.3. The fourth-order valence-corrected chi connectivity index (χ4v) is 5.00. The van der Waals surface area contributed by atoms with Crippen molar-refractivity contribution in [3.8, 4) is 22.6 Å². The van der Waals surface area contributed by atoms with Crippen LogP contribution in [0.3, 0.4) is 0 Å². The van der Waals surface area contributed by atoms with E-state index >= 15 is 0 Å². The molecule has 0 bridgehead atoms. The molecule has 1 aromatic heterocycles. The average Bonchev–Trinajstić information content (AvgIpc) is 3.05. The molecule has 0 spiro atoms. The number of aryl methyl sites for hydroxylation is 2. The normalized spacial score (nSPS) is 13.9. The second-order valence-electron chi connectivity index (χ2n) is 10.2. The molecule has 0 radical (unpaired) electrons. The van der Waals surface area contributed by atoms with Gasteiger partial charge < -0.3 is 4.74 Å². The molecule has 0 saturated heterocycles. The Kier molecular flexibility index (Phi) is 7.73. The Morgan fingerprint density at radius 3 is 1.59 bits per heavy atom. The Balaban J connectivity index is 1.46. The van der Waals surface area contributed by atoms with Gasteiger partial charge >= 0.3 is 11.5 Å². The predicted octanol–water partition coefficient (Wildman–Crippen LogP) is 10.5. The Morgan fingerprint density at radius 2 is 1.07 bits per heavy atom. The van der Waals surface area contributed by atoms with Gasteiger partial charge in [-0.15, -0.1) is 0 Å². The Labute approximate surface area is 242 Å². The highest BCUT2D eigenvalue weighted by molar-refractivity contribution is 5.87. The van der Waals surface area contributed by atoms with Gasteiger partial charge in [0.05, 0.1) is 23.3 Å². The molecule has 0 unspecified atom stereocenters. The summed E-state index contributed by atoms with van der Waals surface area (Å²) in [6.07, 6.45) is 8.39. The Bertz CT molecular complexity index is 1670. The summed E-state index contributed by atoms with van der Waals surface area (Å²) in [5.74, 6) is 3.23. The second kappa shape index (κ2) is 12.1. The minimum Gasteiger partial charge on any atom is -0.457 e. The first-order chi connectivity index (χ1) is 20.2. The quantitative estimate of drug-likeness (QED) is 0.194. The number of benzene rings is 4. The molecular weight excluding hydrogens is 500 g/mol. The molecule has 4 aromatic carbocycles. The fourth-order valence-electron chi connectivity index (χ4n) is 5.00. The molecule has 1 aliphatic heterocycles. The monoisotopic (exact) mass is 533 g/mol. The topological polar surface area (TPSA) is 20.5 Å². The SMILES string of the molecule is CCc1ccc(C2=C/C(=C/c3cc(-c4ccccc4)[o+]c(-c4ccccc4)c3)OC(c3ccc(CC)cc3)=C2)cc1. The van der Waals surface area contributed by atoms with Crippen LogP contribution < -0.4 is 0 Å². The standard InChI is InChI=1S/C39H33O2/c1-3-28-15-19-31(20-16-28)35-26-36(40-39(27-35)34-21-17-29(4-2)18-22-34)23-30-24-37(32-11-7-5-8-12-32)41-38(25-30)33-13-9-6-10-14-33/h5-27H,3-4H2,1-2H3/q+1. The van der Waals surface area contributed by atoms with Crippen LogP contribution in [0.2, 0.25) is 0 Å². The van der Waals surface area contributed by atoms with Crippen molar-refractivity contribution < 1.29 is 9.15 Å². The van der Waals surface area contributed by atoms with E-state index in [1.807, 2.05) is 36.4 Å². The largest absolute Gasteiger partial charge is 0.457 e. The highest BCUT2D eigenvalue weighted by Crippen LogP contribution is 2.35. The van der Waals surface area contributed by atoms with Crippen LogP contribution in [0, 0.1) is 0 Å². The van der Waals surface area contributed by atoms with Crippen molar-refractivity contribution in [3.63, 3.8) is 0 Å². The maximum atomic E-state index is 6.55. The zero-order valence-electron chi connectivity index (χ0n) is 23.5. The predicted molar refractivity (Wildman–Crippen MR) is 171 cm³/mol. The van der Waals surface area contributed by atoms with Gasteiger partial charge in [-0.25, -0.2) is 4.42 Å². The van der Waals surface area contributed by atoms with Crippen molar-refractivity contribution in [1.82, 2.24) is 0 Å². The highest BCUT2D eigenvalue weighted by Gasteiger charge is 2.21. The molecule has 0 saturated carbocycles. The van der Waals surface area contributed by atoms with E-state index in [9.17, 15) is 0 Å². The minimum atomic E-state index is 0.779. The van der Waals surface area contributed by atoms with Crippen LogP contribution in [-0.4, -0.2) is 0 Å². The zero-order chi connectivity index (χ0) is 28.0. The van der Waals surface area contributed by atoms with Gasteiger partial charge in [-0.1, -0.05) is 98.8 Å². The summed E-state index contributed by atoms with van der Waals surface area (Å²) >= 11 is 0. The molecule has 5 aromatic rings. The lowest BCUT2D eigenvalue weighted by Gasteiger charge is -2.19. The molecule has 2 heteroatoms. The van der Waals surface area contributed by atoms with Gasteiger partial charge in [0.15, 0.2) is 0 Å². The molecule has 2 nitrogen and oxygen atoms in total. The lowest BCUT2D eigenvalue weighted by molar-refractivity contribution is 0.402. The van der Waals surface area contributed by atoms with Crippen molar-refractivity contribution in [2.45, 2.75) is 26.7 Å². The molecule has 0 amide bonds. The van der Waals surface area contributed by atoms with E-state index in [1.165, 1.54) is 11.1 Å². The third-order valence-corrected chi connectivity index (χ3v) is 7.40. The number of hydrogen-bond acceptors (Lipinski definition) is 1. The zero-order valence-corrected chi connectivity index (χ0v) is 23.5. The minimum absolute atomic E-state index is 0.779. The summed E-state index contributed by atoms with van der Waals surface area (Å²) in [6.45, 7) is 4.35. The molecule has 0 aliphatic carbocycles. The third kappa shape index (κ3) is 6.13. The molecule has 41 heavy (non-hydrogen) atoms. The van der Waals surface area contributed by atoms with Crippen molar-refractivity contribution in [2.75, 3.05) is 0 Å². The summed E-state index contributed by atoms with van der Waals surface area (Å²) in [6, 6.07) is 42.0. The average molecular weight is 534 g/mol. The summed E-state index contributed by atoms with van der Waals surface area (Å²) in [5.41, 5.74) is 9.03. The van der Waals surface area contributed by atoms with Gasteiger partial charge in [0.2, 0.25) is 0 Å². The molecule has 0 atom stereocenters. The van der Waals surface area contributed by atoms with Crippen LogP contribution in [0.25, 0.3) is 40.1 Å². The highest BCUT2D eigenvalue weighted by atomic mass is 16.5. The summed E-state index contributed by atoms with van der Waals surface area (Å²) in [5, 5.41) is 0. The summed E-state index contributed by atoms with van der Waals surface area (Å²) < 4.78 is 13.0. The van der Waals surface area contributed by atoms with Crippen LogP contribution in [0.15, 0.2) is 144 Å². The van der Waals surface area contributed by atoms with Crippen LogP contribution in [-0.2, 0) is 17.6 Å². The van der Waals surface area contributed by atoms with Gasteiger partial charge in [0.25, 0.3) is 0 Å². The number of hydrogen-bond donors (Lipinski definition) is 0. The Morgan fingerprint density at radius 1 is 0.561 bits per heavy atom. The van der Waals surface area contributed by atoms with E-state index in [2.05, 4.69) is 117 Å². The van der Waals surface area contributed by atoms with E-state index in [1.54, 1.807) is 0 Å². The Hall–Kier alpha value is -4.95. The smallest absolute Gasteiger partial charge is 0.361 e. The van der Waals surface area contributed by atoms with E-state index in [0.29, 0.717) is 0 Å². The van der Waals surface area contributed by atoms with E-state index < -0.39 is 0 Å². The van der Waals surface area contributed by atoms with Crippen molar-refractivity contribution in [2.24, 2.45) is 0 Å². The third-order valence-electron chi connectivity index (χ3n) is 7.40. The lowest BCUT2D eigenvalue weighted by Crippen LogP contribution is -2.00. The lowest BCUT2D eigenvalue weighted by atomic mass is 9.98. The molecule has 0 fully saturated rings.